The minimum atomic E-state index is 0.534. The Kier molecular flexibility index (Phi) is 5.54. The van der Waals surface area contributed by atoms with Gasteiger partial charge >= 0.3 is 0 Å². The van der Waals surface area contributed by atoms with Crippen molar-refractivity contribution in [2.45, 2.75) is 59.5 Å². The van der Waals surface area contributed by atoms with Crippen LogP contribution in [0.25, 0.3) is 22.3 Å². The van der Waals surface area contributed by atoms with E-state index in [1.54, 1.807) is 0 Å². The maximum Gasteiger partial charge on any atom is 0.223 e. The molecule has 2 aromatic heterocycles. The van der Waals surface area contributed by atoms with Crippen molar-refractivity contribution in [3.8, 4) is 11.4 Å². The molecule has 1 aliphatic heterocycles. The second-order valence-corrected chi connectivity index (χ2v) is 8.65. The van der Waals surface area contributed by atoms with Crippen molar-refractivity contribution < 1.29 is 4.52 Å². The second-order valence-electron chi connectivity index (χ2n) is 8.65. The number of hydrogen-bond acceptors (Lipinski definition) is 6. The molecule has 0 radical (unpaired) electrons. The van der Waals surface area contributed by atoms with Crippen molar-refractivity contribution in [3.63, 3.8) is 0 Å². The Bertz CT molecular complexity index is 988. The van der Waals surface area contributed by atoms with Crippen LogP contribution >= 0.6 is 0 Å². The third-order valence-electron chi connectivity index (χ3n) is 6.01. The molecule has 1 atom stereocenters. The summed E-state index contributed by atoms with van der Waals surface area (Å²) in [6.07, 6.45) is 2.21. The van der Waals surface area contributed by atoms with Gasteiger partial charge in [-0.3, -0.25) is 0 Å². The van der Waals surface area contributed by atoms with Crippen LogP contribution in [-0.4, -0.2) is 40.3 Å². The molecule has 3 heterocycles. The minimum Gasteiger partial charge on any atom is -0.356 e. The zero-order valence-electron chi connectivity index (χ0n) is 18.1. The van der Waals surface area contributed by atoms with Gasteiger partial charge in [0.05, 0.1) is 11.1 Å². The van der Waals surface area contributed by atoms with Crippen molar-refractivity contribution in [1.82, 2.24) is 20.4 Å². The van der Waals surface area contributed by atoms with E-state index < -0.39 is 0 Å². The molecule has 4 rings (SSSR count). The van der Waals surface area contributed by atoms with Crippen LogP contribution in [0.5, 0.6) is 0 Å². The Balaban J connectivity index is 1.63. The number of nitrogens with zero attached hydrogens (tertiary/aromatic N) is 4. The van der Waals surface area contributed by atoms with Crippen molar-refractivity contribution >= 4 is 16.7 Å². The Hall–Kier alpha value is -2.47. The lowest BCUT2D eigenvalue weighted by Crippen LogP contribution is -2.47. The van der Waals surface area contributed by atoms with Crippen molar-refractivity contribution in [3.05, 3.63) is 35.7 Å². The standard InChI is InChI=1S/C23H31N5O/c1-14(2)16(4)24-19-8-10-28(11-9-19)23-20(22-25-17(5)29-27-22)13-18-12-15(3)6-7-21(18)26-23/h6-7,12-14,16,19,24H,8-11H2,1-5H3/t16-/m1/s1. The largest absolute Gasteiger partial charge is 0.356 e. The van der Waals surface area contributed by atoms with Crippen LogP contribution in [0.1, 0.15) is 45.1 Å². The van der Waals surface area contributed by atoms with E-state index in [4.69, 9.17) is 9.51 Å². The molecule has 0 saturated carbocycles. The number of pyridine rings is 1. The van der Waals surface area contributed by atoms with Crippen LogP contribution in [0.4, 0.5) is 5.82 Å². The van der Waals surface area contributed by atoms with E-state index in [1.165, 1.54) is 5.56 Å². The first-order valence-electron chi connectivity index (χ1n) is 10.6. The molecule has 0 spiro atoms. The first-order valence-corrected chi connectivity index (χ1v) is 10.6. The molecule has 0 amide bonds. The molecule has 0 aliphatic carbocycles. The first kappa shape index (κ1) is 19.8. The van der Waals surface area contributed by atoms with Crippen molar-refractivity contribution in [2.24, 2.45) is 5.92 Å². The highest BCUT2D eigenvalue weighted by molar-refractivity contribution is 5.88. The summed E-state index contributed by atoms with van der Waals surface area (Å²) in [6, 6.07) is 9.61. The fraction of sp³-hybridized carbons (Fsp3) is 0.522. The van der Waals surface area contributed by atoms with Gasteiger partial charge in [-0.15, -0.1) is 0 Å². The maximum absolute atomic E-state index is 5.26. The van der Waals surface area contributed by atoms with Gasteiger partial charge in [0.25, 0.3) is 0 Å². The SMILES string of the molecule is Cc1ccc2nc(N3CCC(N[C@H](C)C(C)C)CC3)c(-c3noc(C)n3)cc2c1. The molecular weight excluding hydrogens is 362 g/mol. The summed E-state index contributed by atoms with van der Waals surface area (Å²) < 4.78 is 5.26. The number of aromatic nitrogens is 3. The molecule has 29 heavy (non-hydrogen) atoms. The fourth-order valence-electron chi connectivity index (χ4n) is 3.92. The summed E-state index contributed by atoms with van der Waals surface area (Å²) in [7, 11) is 0. The monoisotopic (exact) mass is 393 g/mol. The number of piperidine rings is 1. The van der Waals surface area contributed by atoms with Crippen LogP contribution in [0.15, 0.2) is 28.8 Å². The molecule has 3 aromatic rings. The van der Waals surface area contributed by atoms with Crippen molar-refractivity contribution in [2.75, 3.05) is 18.0 Å². The summed E-state index contributed by atoms with van der Waals surface area (Å²) in [5.74, 6) is 2.78. The van der Waals surface area contributed by atoms with Gasteiger partial charge in [0.1, 0.15) is 5.82 Å². The molecule has 1 N–H and O–H groups in total. The predicted octanol–water partition coefficient (Wildman–Crippen LogP) is 4.50. The van der Waals surface area contributed by atoms with Gasteiger partial charge < -0.3 is 14.7 Å². The first-order chi connectivity index (χ1) is 13.9. The zero-order chi connectivity index (χ0) is 20.5. The summed E-state index contributed by atoms with van der Waals surface area (Å²) in [5, 5.41) is 9.07. The molecule has 6 heteroatoms. The highest BCUT2D eigenvalue weighted by Gasteiger charge is 2.25. The van der Waals surface area contributed by atoms with E-state index in [2.05, 4.69) is 72.3 Å². The van der Waals surface area contributed by atoms with Crippen molar-refractivity contribution in [1.29, 1.82) is 0 Å². The highest BCUT2D eigenvalue weighted by Crippen LogP contribution is 2.33. The average molecular weight is 394 g/mol. The van der Waals surface area contributed by atoms with Crippen LogP contribution in [0, 0.1) is 19.8 Å². The molecule has 0 unspecified atom stereocenters. The molecular formula is C23H31N5O. The highest BCUT2D eigenvalue weighted by atomic mass is 16.5. The predicted molar refractivity (Wildman–Crippen MR) is 117 cm³/mol. The fourth-order valence-corrected chi connectivity index (χ4v) is 3.92. The third-order valence-corrected chi connectivity index (χ3v) is 6.01. The number of anilines is 1. The van der Waals surface area contributed by atoms with Crippen LogP contribution in [0.3, 0.4) is 0 Å². The Labute approximate surface area is 172 Å². The van der Waals surface area contributed by atoms with E-state index >= 15 is 0 Å². The number of rotatable bonds is 5. The number of nitrogens with one attached hydrogen (secondary N) is 1. The summed E-state index contributed by atoms with van der Waals surface area (Å²) in [6.45, 7) is 12.7. The smallest absolute Gasteiger partial charge is 0.223 e. The van der Waals surface area contributed by atoms with Gasteiger partial charge in [-0.1, -0.05) is 30.6 Å². The second kappa shape index (κ2) is 8.11. The summed E-state index contributed by atoms with van der Waals surface area (Å²) >= 11 is 0. The van der Waals surface area contributed by atoms with Crippen LogP contribution in [0.2, 0.25) is 0 Å². The van der Waals surface area contributed by atoms with Gasteiger partial charge in [-0.25, -0.2) is 4.98 Å². The Morgan fingerprint density at radius 2 is 1.83 bits per heavy atom. The number of hydrogen-bond donors (Lipinski definition) is 1. The molecule has 1 fully saturated rings. The lowest BCUT2D eigenvalue weighted by atomic mass is 9.99. The van der Waals surface area contributed by atoms with Gasteiger partial charge in [0.15, 0.2) is 0 Å². The molecule has 1 saturated heterocycles. The van der Waals surface area contributed by atoms with Gasteiger partial charge in [0, 0.05) is 37.5 Å². The molecule has 0 bridgehead atoms. The number of benzene rings is 1. The summed E-state index contributed by atoms with van der Waals surface area (Å²) in [4.78, 5) is 11.9. The Morgan fingerprint density at radius 3 is 2.48 bits per heavy atom. The summed E-state index contributed by atoms with van der Waals surface area (Å²) in [5.41, 5.74) is 3.17. The van der Waals surface area contributed by atoms with Crippen LogP contribution < -0.4 is 10.2 Å². The average Bonchev–Trinajstić information content (AvgIpc) is 3.13. The van der Waals surface area contributed by atoms with Crippen LogP contribution in [-0.2, 0) is 0 Å². The molecule has 1 aromatic carbocycles. The van der Waals surface area contributed by atoms with Gasteiger partial charge in [0.2, 0.25) is 11.7 Å². The van der Waals surface area contributed by atoms with Gasteiger partial charge in [-0.05, 0) is 50.8 Å². The maximum atomic E-state index is 5.26. The normalized spacial score (nSPS) is 16.7. The number of fused-ring (bicyclic) bond motifs is 1. The number of aryl methyl sites for hydroxylation is 2. The van der Waals surface area contributed by atoms with E-state index in [9.17, 15) is 0 Å². The van der Waals surface area contributed by atoms with E-state index in [0.29, 0.717) is 29.7 Å². The molecule has 1 aliphatic rings. The topological polar surface area (TPSA) is 67.1 Å². The van der Waals surface area contributed by atoms with E-state index in [0.717, 1.165) is 48.2 Å². The quantitative estimate of drug-likeness (QED) is 0.688. The lowest BCUT2D eigenvalue weighted by Gasteiger charge is -2.36. The lowest BCUT2D eigenvalue weighted by molar-refractivity contribution is 0.331. The van der Waals surface area contributed by atoms with Gasteiger partial charge in [-0.2, -0.15) is 4.98 Å². The zero-order valence-corrected chi connectivity index (χ0v) is 18.1. The van der Waals surface area contributed by atoms with E-state index in [1.807, 2.05) is 6.92 Å². The minimum absolute atomic E-state index is 0.534. The molecule has 154 valence electrons. The third kappa shape index (κ3) is 4.27. The Morgan fingerprint density at radius 1 is 1.07 bits per heavy atom. The molecule has 6 nitrogen and oxygen atoms in total. The van der Waals surface area contributed by atoms with E-state index in [-0.39, 0.29) is 0 Å².